The molecule has 1 N–H and O–H groups in total. The minimum atomic E-state index is -0.564. The van der Waals surface area contributed by atoms with Crippen LogP contribution in [0.1, 0.15) is 22.6 Å². The molecule has 1 fully saturated rings. The molecule has 1 atom stereocenters. The van der Waals surface area contributed by atoms with Crippen molar-refractivity contribution in [1.29, 1.82) is 0 Å². The molecule has 1 amide bonds. The molecule has 9 heteroatoms. The van der Waals surface area contributed by atoms with Gasteiger partial charge in [0.05, 0.1) is 29.0 Å². The first-order chi connectivity index (χ1) is 16.6. The van der Waals surface area contributed by atoms with Crippen LogP contribution in [0.5, 0.6) is 0 Å². The minimum Gasteiger partial charge on any atom is -0.448 e. The number of ether oxygens (including phenoxy) is 2. The average molecular weight is 499 g/mol. The molecule has 7 nitrogen and oxygen atoms in total. The SMILES string of the molecule is O=C(Nc1ncc2c(n1)-c1ccccc1[C@H](c1ccc(Cl)c(Cl)c1)C2)OCCN1CCOCC1. The Morgan fingerprint density at radius 1 is 1.15 bits per heavy atom. The predicted molar refractivity (Wildman–Crippen MR) is 132 cm³/mol. The molecule has 1 saturated heterocycles. The Bertz CT molecular complexity index is 1200. The number of carbonyl (C=O) groups excluding carboxylic acids is 1. The topological polar surface area (TPSA) is 76.6 Å². The molecular formula is C25H24Cl2N4O3. The van der Waals surface area contributed by atoms with Crippen molar-refractivity contribution in [3.63, 3.8) is 0 Å². The first-order valence-corrected chi connectivity index (χ1v) is 12.0. The molecule has 0 saturated carbocycles. The van der Waals surface area contributed by atoms with Crippen LogP contribution in [0.25, 0.3) is 11.3 Å². The number of nitrogens with one attached hydrogen (secondary N) is 1. The van der Waals surface area contributed by atoms with Gasteiger partial charge in [0.2, 0.25) is 5.95 Å². The van der Waals surface area contributed by atoms with Gasteiger partial charge in [-0.3, -0.25) is 10.2 Å². The summed E-state index contributed by atoms with van der Waals surface area (Å²) in [4.78, 5) is 23.5. The third-order valence-corrected chi connectivity index (χ3v) is 6.92. The van der Waals surface area contributed by atoms with Crippen LogP contribution >= 0.6 is 23.2 Å². The lowest BCUT2D eigenvalue weighted by atomic mass is 9.78. The molecule has 34 heavy (non-hydrogen) atoms. The third-order valence-electron chi connectivity index (χ3n) is 6.18. The Balaban J connectivity index is 1.31. The van der Waals surface area contributed by atoms with Gasteiger partial charge in [-0.05, 0) is 35.2 Å². The normalized spacial score (nSPS) is 17.5. The fraction of sp³-hybridized carbons (Fsp3) is 0.320. The molecule has 1 aromatic heterocycles. The van der Waals surface area contributed by atoms with E-state index in [0.717, 1.165) is 41.0 Å². The molecule has 1 aliphatic heterocycles. The molecule has 2 heterocycles. The second-order valence-corrected chi connectivity index (χ2v) is 9.11. The summed E-state index contributed by atoms with van der Waals surface area (Å²) in [5.74, 6) is 0.323. The smallest absolute Gasteiger partial charge is 0.414 e. The van der Waals surface area contributed by atoms with Gasteiger partial charge in [0.15, 0.2) is 0 Å². The van der Waals surface area contributed by atoms with Gasteiger partial charge in [-0.15, -0.1) is 0 Å². The molecule has 5 rings (SSSR count). The number of amides is 1. The quantitative estimate of drug-likeness (QED) is 0.532. The van der Waals surface area contributed by atoms with Crippen LogP contribution in [0.4, 0.5) is 10.7 Å². The zero-order chi connectivity index (χ0) is 23.5. The summed E-state index contributed by atoms with van der Waals surface area (Å²) in [5, 5.41) is 3.72. The first-order valence-electron chi connectivity index (χ1n) is 11.2. The maximum Gasteiger partial charge on any atom is 0.414 e. The first kappa shape index (κ1) is 23.1. The number of hydrogen-bond acceptors (Lipinski definition) is 6. The van der Waals surface area contributed by atoms with Crippen molar-refractivity contribution < 1.29 is 14.3 Å². The molecule has 0 unspecified atom stereocenters. The summed E-state index contributed by atoms with van der Waals surface area (Å²) in [6.07, 6.45) is 1.92. The molecule has 2 aliphatic rings. The van der Waals surface area contributed by atoms with Gasteiger partial charge in [0.25, 0.3) is 0 Å². The maximum atomic E-state index is 12.3. The maximum absolute atomic E-state index is 12.3. The Kier molecular flexibility index (Phi) is 6.97. The number of aromatic nitrogens is 2. The van der Waals surface area contributed by atoms with Crippen molar-refractivity contribution in [3.8, 4) is 11.3 Å². The molecule has 1 aliphatic carbocycles. The van der Waals surface area contributed by atoms with Gasteiger partial charge in [-0.1, -0.05) is 53.5 Å². The summed E-state index contributed by atoms with van der Waals surface area (Å²) >= 11 is 12.4. The average Bonchev–Trinajstić information content (AvgIpc) is 2.86. The van der Waals surface area contributed by atoms with E-state index in [0.29, 0.717) is 42.8 Å². The molecule has 2 aromatic carbocycles. The van der Waals surface area contributed by atoms with Crippen LogP contribution in [0.15, 0.2) is 48.7 Å². The summed E-state index contributed by atoms with van der Waals surface area (Å²) in [7, 11) is 0. The lowest BCUT2D eigenvalue weighted by molar-refractivity contribution is 0.0290. The molecule has 176 valence electrons. The standard InChI is InChI=1S/C25H24Cl2N4O3/c26-21-6-5-16(14-22(21)27)20-13-17-15-28-24(29-23(17)19-4-2-1-3-18(19)20)30-25(32)34-12-9-31-7-10-33-11-8-31/h1-6,14-15,20H,7-13H2,(H,28,29,30,32)/t20-/m0/s1. The number of halogens is 2. The van der Waals surface area contributed by atoms with E-state index in [1.165, 1.54) is 0 Å². The Labute approximate surface area is 208 Å². The minimum absolute atomic E-state index is 0.103. The summed E-state index contributed by atoms with van der Waals surface area (Å²) in [6, 6.07) is 13.9. The highest BCUT2D eigenvalue weighted by Crippen LogP contribution is 2.42. The van der Waals surface area contributed by atoms with Gasteiger partial charge in [-0.2, -0.15) is 0 Å². The summed E-state index contributed by atoms with van der Waals surface area (Å²) in [5.41, 5.74) is 5.04. The highest BCUT2D eigenvalue weighted by molar-refractivity contribution is 6.42. The third kappa shape index (κ3) is 5.03. The number of nitrogens with zero attached hydrogens (tertiary/aromatic N) is 3. The number of carbonyl (C=O) groups is 1. The van der Waals surface area contributed by atoms with Crippen molar-refractivity contribution in [3.05, 3.63) is 75.4 Å². The van der Waals surface area contributed by atoms with E-state index in [1.54, 1.807) is 6.20 Å². The summed E-state index contributed by atoms with van der Waals surface area (Å²) < 4.78 is 10.7. The van der Waals surface area contributed by atoms with Gasteiger partial charge >= 0.3 is 6.09 Å². The largest absolute Gasteiger partial charge is 0.448 e. The molecule has 0 radical (unpaired) electrons. The molecular weight excluding hydrogens is 475 g/mol. The predicted octanol–water partition coefficient (Wildman–Crippen LogP) is 5.02. The van der Waals surface area contributed by atoms with Crippen LogP contribution in [0, 0.1) is 0 Å². The van der Waals surface area contributed by atoms with E-state index >= 15 is 0 Å². The van der Waals surface area contributed by atoms with Gasteiger partial charge in [-0.25, -0.2) is 14.8 Å². The number of morpholine rings is 1. The van der Waals surface area contributed by atoms with E-state index < -0.39 is 6.09 Å². The van der Waals surface area contributed by atoms with Crippen LogP contribution in [0.2, 0.25) is 10.0 Å². The number of fused-ring (bicyclic) bond motifs is 3. The van der Waals surface area contributed by atoms with Crippen LogP contribution in [0.3, 0.4) is 0 Å². The Hall–Kier alpha value is -2.71. The molecule has 3 aromatic rings. The van der Waals surface area contributed by atoms with Gasteiger partial charge < -0.3 is 9.47 Å². The van der Waals surface area contributed by atoms with E-state index in [-0.39, 0.29) is 11.9 Å². The highest BCUT2D eigenvalue weighted by atomic mass is 35.5. The number of benzene rings is 2. The second-order valence-electron chi connectivity index (χ2n) is 8.30. The number of anilines is 1. The van der Waals surface area contributed by atoms with Crippen molar-refractivity contribution in [2.45, 2.75) is 12.3 Å². The van der Waals surface area contributed by atoms with Gasteiger partial charge in [0.1, 0.15) is 6.61 Å². The monoisotopic (exact) mass is 498 g/mol. The fourth-order valence-electron chi connectivity index (χ4n) is 4.44. The number of hydrogen-bond donors (Lipinski definition) is 1. The van der Waals surface area contributed by atoms with Crippen LogP contribution < -0.4 is 5.32 Å². The van der Waals surface area contributed by atoms with E-state index in [1.807, 2.05) is 36.4 Å². The molecule has 0 bridgehead atoms. The van der Waals surface area contributed by atoms with Crippen molar-refractivity contribution in [1.82, 2.24) is 14.9 Å². The van der Waals surface area contributed by atoms with E-state index in [4.69, 9.17) is 32.7 Å². The highest BCUT2D eigenvalue weighted by Gasteiger charge is 2.28. The summed E-state index contributed by atoms with van der Waals surface area (Å²) in [6.45, 7) is 4.09. The zero-order valence-corrected chi connectivity index (χ0v) is 20.0. The van der Waals surface area contributed by atoms with Crippen molar-refractivity contribution in [2.24, 2.45) is 0 Å². The molecule has 0 spiro atoms. The van der Waals surface area contributed by atoms with Crippen molar-refractivity contribution in [2.75, 3.05) is 44.8 Å². The van der Waals surface area contributed by atoms with Crippen LogP contribution in [-0.2, 0) is 15.9 Å². The fourth-order valence-corrected chi connectivity index (χ4v) is 4.75. The Morgan fingerprint density at radius 2 is 1.97 bits per heavy atom. The van der Waals surface area contributed by atoms with E-state index in [2.05, 4.69) is 26.3 Å². The lowest BCUT2D eigenvalue weighted by Crippen LogP contribution is -2.38. The zero-order valence-electron chi connectivity index (χ0n) is 18.5. The van der Waals surface area contributed by atoms with E-state index in [9.17, 15) is 4.79 Å². The lowest BCUT2D eigenvalue weighted by Gasteiger charge is -2.27. The van der Waals surface area contributed by atoms with Crippen molar-refractivity contribution >= 4 is 35.2 Å². The Morgan fingerprint density at radius 3 is 2.79 bits per heavy atom. The second kappa shape index (κ2) is 10.3. The van der Waals surface area contributed by atoms with Gasteiger partial charge in [0, 0.05) is 37.3 Å². The van der Waals surface area contributed by atoms with Crippen LogP contribution in [-0.4, -0.2) is 60.4 Å². The number of rotatable bonds is 5.